The molecule has 1 aromatic carbocycles. The third-order valence-corrected chi connectivity index (χ3v) is 4.19. The van der Waals surface area contributed by atoms with Crippen LogP contribution in [-0.4, -0.2) is 10.5 Å². The third kappa shape index (κ3) is 2.75. The summed E-state index contributed by atoms with van der Waals surface area (Å²) in [4.78, 5) is 12.2. The van der Waals surface area contributed by atoms with Crippen molar-refractivity contribution in [3.63, 3.8) is 0 Å². The number of carbonyl (C=O) groups is 1. The zero-order valence-electron chi connectivity index (χ0n) is 12.9. The lowest BCUT2D eigenvalue weighted by Crippen LogP contribution is -2.23. The zero-order chi connectivity index (χ0) is 15.7. The van der Waals surface area contributed by atoms with Crippen LogP contribution in [0, 0.1) is 25.2 Å². The Morgan fingerprint density at radius 1 is 1.36 bits per heavy atom. The molecule has 3 rings (SSSR count). The van der Waals surface area contributed by atoms with Gasteiger partial charge in [-0.15, -0.1) is 0 Å². The maximum atomic E-state index is 12.2. The topological polar surface area (TPSA) is 57.8 Å². The van der Waals surface area contributed by atoms with Crippen LogP contribution in [0.2, 0.25) is 0 Å². The van der Waals surface area contributed by atoms with Gasteiger partial charge in [0.1, 0.15) is 0 Å². The standard InChI is InChI=1S/C18H19N3O/c1-12-8-16(13(2)21(12)17-6-7-17)11-20-18(22)15-5-3-4-14(9-15)10-19/h3-5,8-9,17H,6-7,11H2,1-2H3,(H,20,22). The second kappa shape index (κ2) is 5.69. The van der Waals surface area contributed by atoms with E-state index >= 15 is 0 Å². The highest BCUT2D eigenvalue weighted by molar-refractivity contribution is 5.94. The number of amides is 1. The van der Waals surface area contributed by atoms with Crippen molar-refractivity contribution in [1.82, 2.24) is 9.88 Å². The van der Waals surface area contributed by atoms with Crippen LogP contribution < -0.4 is 5.32 Å². The highest BCUT2D eigenvalue weighted by Crippen LogP contribution is 2.38. The molecule has 0 bridgehead atoms. The van der Waals surface area contributed by atoms with Crippen LogP contribution in [0.1, 0.15) is 51.8 Å². The third-order valence-electron chi connectivity index (χ3n) is 4.19. The molecule has 4 nitrogen and oxygen atoms in total. The molecule has 0 atom stereocenters. The summed E-state index contributed by atoms with van der Waals surface area (Å²) in [6.45, 7) is 4.75. The summed E-state index contributed by atoms with van der Waals surface area (Å²) in [7, 11) is 0. The minimum Gasteiger partial charge on any atom is -0.348 e. The lowest BCUT2D eigenvalue weighted by Gasteiger charge is -2.09. The molecule has 1 saturated carbocycles. The molecule has 1 heterocycles. The Kier molecular flexibility index (Phi) is 3.72. The molecule has 22 heavy (non-hydrogen) atoms. The van der Waals surface area contributed by atoms with Gasteiger partial charge < -0.3 is 9.88 Å². The first kappa shape index (κ1) is 14.4. The molecular weight excluding hydrogens is 274 g/mol. The van der Waals surface area contributed by atoms with Gasteiger partial charge in [0.25, 0.3) is 5.91 Å². The van der Waals surface area contributed by atoms with Gasteiger partial charge in [-0.3, -0.25) is 4.79 Å². The molecule has 112 valence electrons. The molecule has 1 aliphatic carbocycles. The minimum absolute atomic E-state index is 0.145. The van der Waals surface area contributed by atoms with E-state index < -0.39 is 0 Å². The van der Waals surface area contributed by atoms with Crippen molar-refractivity contribution in [3.05, 3.63) is 58.4 Å². The first-order valence-electron chi connectivity index (χ1n) is 7.56. The van der Waals surface area contributed by atoms with E-state index in [0.29, 0.717) is 23.7 Å². The SMILES string of the molecule is Cc1cc(CNC(=O)c2cccc(C#N)c2)c(C)n1C1CC1. The molecule has 1 amide bonds. The van der Waals surface area contributed by atoms with E-state index in [4.69, 9.17) is 5.26 Å². The molecule has 1 fully saturated rings. The van der Waals surface area contributed by atoms with Gasteiger partial charge in [-0.2, -0.15) is 5.26 Å². The quantitative estimate of drug-likeness (QED) is 0.940. The van der Waals surface area contributed by atoms with Crippen LogP contribution in [0.3, 0.4) is 0 Å². The number of nitrogens with zero attached hydrogens (tertiary/aromatic N) is 2. The van der Waals surface area contributed by atoms with Crippen molar-refractivity contribution < 1.29 is 4.79 Å². The summed E-state index contributed by atoms with van der Waals surface area (Å²) in [5.74, 6) is -0.145. The average molecular weight is 293 g/mol. The van der Waals surface area contributed by atoms with Gasteiger partial charge in [-0.1, -0.05) is 6.07 Å². The van der Waals surface area contributed by atoms with Crippen LogP contribution in [0.25, 0.3) is 0 Å². The molecule has 0 saturated heterocycles. The lowest BCUT2D eigenvalue weighted by atomic mass is 10.1. The molecular formula is C18H19N3O. The van der Waals surface area contributed by atoms with Crippen LogP contribution in [-0.2, 0) is 6.54 Å². The molecule has 0 radical (unpaired) electrons. The van der Waals surface area contributed by atoms with E-state index in [1.807, 2.05) is 0 Å². The summed E-state index contributed by atoms with van der Waals surface area (Å²) in [5, 5.41) is 11.8. The van der Waals surface area contributed by atoms with E-state index in [-0.39, 0.29) is 5.91 Å². The fourth-order valence-corrected chi connectivity index (χ4v) is 2.93. The molecule has 0 unspecified atom stereocenters. The summed E-state index contributed by atoms with van der Waals surface area (Å²) < 4.78 is 2.37. The molecule has 2 aromatic rings. The summed E-state index contributed by atoms with van der Waals surface area (Å²) in [6.07, 6.45) is 2.51. The first-order chi connectivity index (χ1) is 10.6. The van der Waals surface area contributed by atoms with Crippen molar-refractivity contribution >= 4 is 5.91 Å². The van der Waals surface area contributed by atoms with Gasteiger partial charge in [-0.05, 0) is 56.5 Å². The summed E-state index contributed by atoms with van der Waals surface area (Å²) in [5.41, 5.74) is 4.69. The number of carbonyl (C=O) groups excluding carboxylic acids is 1. The highest BCUT2D eigenvalue weighted by atomic mass is 16.1. The number of hydrogen-bond acceptors (Lipinski definition) is 2. The largest absolute Gasteiger partial charge is 0.348 e. The fourth-order valence-electron chi connectivity index (χ4n) is 2.93. The monoisotopic (exact) mass is 293 g/mol. The second-order valence-electron chi connectivity index (χ2n) is 5.87. The Balaban J connectivity index is 1.71. The van der Waals surface area contributed by atoms with Crippen molar-refractivity contribution in [2.75, 3.05) is 0 Å². The maximum Gasteiger partial charge on any atom is 0.251 e. The Hall–Kier alpha value is -2.54. The molecule has 0 spiro atoms. The number of aromatic nitrogens is 1. The number of nitrogens with one attached hydrogen (secondary N) is 1. The van der Waals surface area contributed by atoms with Gasteiger partial charge in [-0.25, -0.2) is 0 Å². The minimum atomic E-state index is -0.145. The van der Waals surface area contributed by atoms with Crippen molar-refractivity contribution in [2.45, 2.75) is 39.3 Å². The number of rotatable bonds is 4. The van der Waals surface area contributed by atoms with E-state index in [2.05, 4.69) is 35.9 Å². The molecule has 1 aromatic heterocycles. The Labute approximate surface area is 130 Å². The van der Waals surface area contributed by atoms with Crippen molar-refractivity contribution in [1.29, 1.82) is 5.26 Å². The smallest absolute Gasteiger partial charge is 0.251 e. The second-order valence-corrected chi connectivity index (χ2v) is 5.87. The van der Waals surface area contributed by atoms with E-state index in [9.17, 15) is 4.79 Å². The molecule has 0 aliphatic heterocycles. The highest BCUT2D eigenvalue weighted by Gasteiger charge is 2.26. The molecule has 1 N–H and O–H groups in total. The van der Waals surface area contributed by atoms with Crippen LogP contribution >= 0.6 is 0 Å². The van der Waals surface area contributed by atoms with Gasteiger partial charge in [0, 0.05) is 29.5 Å². The predicted molar refractivity (Wildman–Crippen MR) is 84.5 cm³/mol. The maximum absolute atomic E-state index is 12.2. The normalized spacial score (nSPS) is 13.7. The Bertz CT molecular complexity index is 763. The zero-order valence-corrected chi connectivity index (χ0v) is 12.9. The predicted octanol–water partition coefficient (Wildman–Crippen LogP) is 3.24. The summed E-state index contributed by atoms with van der Waals surface area (Å²) in [6, 6.07) is 11.6. The fraction of sp³-hybridized carbons (Fsp3) is 0.333. The van der Waals surface area contributed by atoms with Crippen molar-refractivity contribution in [2.24, 2.45) is 0 Å². The van der Waals surface area contributed by atoms with E-state index in [1.54, 1.807) is 24.3 Å². The number of aryl methyl sites for hydroxylation is 1. The Morgan fingerprint density at radius 2 is 2.14 bits per heavy atom. The van der Waals surface area contributed by atoms with Gasteiger partial charge in [0.05, 0.1) is 11.6 Å². The van der Waals surface area contributed by atoms with E-state index in [0.717, 1.165) is 5.56 Å². The number of hydrogen-bond donors (Lipinski definition) is 1. The van der Waals surface area contributed by atoms with E-state index in [1.165, 1.54) is 24.2 Å². The van der Waals surface area contributed by atoms with Crippen LogP contribution in [0.4, 0.5) is 0 Å². The number of nitriles is 1. The van der Waals surface area contributed by atoms with Gasteiger partial charge in [0.2, 0.25) is 0 Å². The average Bonchev–Trinajstić information content (AvgIpc) is 3.31. The summed E-state index contributed by atoms with van der Waals surface area (Å²) >= 11 is 0. The van der Waals surface area contributed by atoms with Crippen molar-refractivity contribution in [3.8, 4) is 6.07 Å². The lowest BCUT2D eigenvalue weighted by molar-refractivity contribution is 0.0951. The first-order valence-corrected chi connectivity index (χ1v) is 7.56. The van der Waals surface area contributed by atoms with Crippen LogP contribution in [0.15, 0.2) is 30.3 Å². The van der Waals surface area contributed by atoms with Crippen LogP contribution in [0.5, 0.6) is 0 Å². The van der Waals surface area contributed by atoms with Gasteiger partial charge in [0.15, 0.2) is 0 Å². The van der Waals surface area contributed by atoms with Gasteiger partial charge >= 0.3 is 0 Å². The molecule has 1 aliphatic rings. The number of benzene rings is 1. The molecule has 4 heteroatoms. The Morgan fingerprint density at radius 3 is 2.82 bits per heavy atom.